The van der Waals surface area contributed by atoms with Gasteiger partial charge in [0.25, 0.3) is 0 Å². The lowest BCUT2D eigenvalue weighted by Gasteiger charge is -2.07. The molecule has 0 aliphatic carbocycles. The summed E-state index contributed by atoms with van der Waals surface area (Å²) < 4.78 is 0. The van der Waals surface area contributed by atoms with Crippen LogP contribution in [0.4, 0.5) is 0 Å². The number of hydrogen-bond donors (Lipinski definition) is 0. The van der Waals surface area contributed by atoms with E-state index >= 15 is 0 Å². The second-order valence-electron chi connectivity index (χ2n) is 7.07. The van der Waals surface area contributed by atoms with Crippen LogP contribution in [0.25, 0.3) is 0 Å². The minimum atomic E-state index is 0.647. The van der Waals surface area contributed by atoms with Crippen molar-refractivity contribution in [3.63, 3.8) is 0 Å². The lowest BCUT2D eigenvalue weighted by atomic mass is 9.99. The Morgan fingerprint density at radius 2 is 1.05 bits per heavy atom. The van der Waals surface area contributed by atoms with E-state index in [1.54, 1.807) is 0 Å². The summed E-state index contributed by atoms with van der Waals surface area (Å²) in [4.78, 5) is 0. The van der Waals surface area contributed by atoms with Crippen molar-refractivity contribution in [3.8, 4) is 0 Å². The average molecular weight is 296 g/mol. The van der Waals surface area contributed by atoms with Crippen molar-refractivity contribution in [1.82, 2.24) is 0 Å². The molecule has 0 aliphatic heterocycles. The van der Waals surface area contributed by atoms with Crippen LogP contribution in [0.2, 0.25) is 0 Å². The molecule has 2 aromatic carbocycles. The summed E-state index contributed by atoms with van der Waals surface area (Å²) in [5.41, 5.74) is 8.41. The van der Waals surface area contributed by atoms with Crippen molar-refractivity contribution in [2.75, 3.05) is 0 Å². The SMILES string of the molecule is Cc1cc(C)cc(C(C)C)c1.Cc1ccc(C(C)C)cc1C. The molecule has 2 rings (SSSR count). The Morgan fingerprint density at radius 1 is 0.545 bits per heavy atom. The maximum atomic E-state index is 2.28. The van der Waals surface area contributed by atoms with E-state index in [2.05, 4.69) is 91.8 Å². The van der Waals surface area contributed by atoms with Crippen LogP contribution < -0.4 is 0 Å². The van der Waals surface area contributed by atoms with Crippen LogP contribution in [0.15, 0.2) is 36.4 Å². The van der Waals surface area contributed by atoms with E-state index in [4.69, 9.17) is 0 Å². The number of hydrogen-bond acceptors (Lipinski definition) is 0. The Labute approximate surface area is 137 Å². The molecule has 22 heavy (non-hydrogen) atoms. The molecule has 0 aromatic heterocycles. The molecule has 0 saturated carbocycles. The fraction of sp³-hybridized carbons (Fsp3) is 0.455. The third kappa shape index (κ3) is 5.67. The predicted molar refractivity (Wildman–Crippen MR) is 100 cm³/mol. The molecular weight excluding hydrogens is 264 g/mol. The highest BCUT2D eigenvalue weighted by molar-refractivity contribution is 5.31. The van der Waals surface area contributed by atoms with Crippen LogP contribution in [0.3, 0.4) is 0 Å². The third-order valence-electron chi connectivity index (χ3n) is 4.11. The smallest absolute Gasteiger partial charge is 0.0219 e. The molecule has 0 N–H and O–H groups in total. The highest BCUT2D eigenvalue weighted by Crippen LogP contribution is 2.18. The molecule has 0 saturated heterocycles. The molecule has 2 aromatic rings. The van der Waals surface area contributed by atoms with Crippen molar-refractivity contribution < 1.29 is 0 Å². The van der Waals surface area contributed by atoms with Crippen LogP contribution in [0.5, 0.6) is 0 Å². The molecule has 0 amide bonds. The molecule has 0 fully saturated rings. The molecule has 0 heterocycles. The van der Waals surface area contributed by atoms with Crippen molar-refractivity contribution in [1.29, 1.82) is 0 Å². The Kier molecular flexibility index (Phi) is 6.87. The van der Waals surface area contributed by atoms with Crippen molar-refractivity contribution in [2.45, 2.75) is 67.2 Å². The molecule has 0 atom stereocenters. The summed E-state index contributed by atoms with van der Waals surface area (Å²) in [7, 11) is 0. The predicted octanol–water partition coefficient (Wildman–Crippen LogP) is 6.85. The first kappa shape index (κ1) is 18.5. The van der Waals surface area contributed by atoms with E-state index < -0.39 is 0 Å². The van der Waals surface area contributed by atoms with Crippen LogP contribution >= 0.6 is 0 Å². The summed E-state index contributed by atoms with van der Waals surface area (Å²) >= 11 is 0. The summed E-state index contributed by atoms with van der Waals surface area (Å²) in [6.45, 7) is 17.5. The first-order valence-corrected chi connectivity index (χ1v) is 8.36. The van der Waals surface area contributed by atoms with Gasteiger partial charge in [0.1, 0.15) is 0 Å². The minimum absolute atomic E-state index is 0.647. The second-order valence-corrected chi connectivity index (χ2v) is 7.07. The molecule has 0 unspecified atom stereocenters. The van der Waals surface area contributed by atoms with Gasteiger partial charge in [-0.3, -0.25) is 0 Å². The molecule has 0 spiro atoms. The van der Waals surface area contributed by atoms with Gasteiger partial charge in [-0.05, 0) is 61.8 Å². The van der Waals surface area contributed by atoms with Gasteiger partial charge in [-0.25, -0.2) is 0 Å². The van der Waals surface area contributed by atoms with Gasteiger partial charge in [0.15, 0.2) is 0 Å². The van der Waals surface area contributed by atoms with Gasteiger partial charge in [-0.15, -0.1) is 0 Å². The molecule has 0 radical (unpaired) electrons. The quantitative estimate of drug-likeness (QED) is 0.568. The van der Waals surface area contributed by atoms with Crippen LogP contribution in [0, 0.1) is 27.7 Å². The van der Waals surface area contributed by atoms with E-state index in [1.165, 1.54) is 33.4 Å². The van der Waals surface area contributed by atoms with E-state index in [9.17, 15) is 0 Å². The van der Waals surface area contributed by atoms with Gasteiger partial charge < -0.3 is 0 Å². The lowest BCUT2D eigenvalue weighted by Crippen LogP contribution is -1.89. The molecule has 120 valence electrons. The zero-order valence-corrected chi connectivity index (χ0v) is 15.6. The van der Waals surface area contributed by atoms with Crippen molar-refractivity contribution in [2.24, 2.45) is 0 Å². The number of rotatable bonds is 2. The van der Waals surface area contributed by atoms with E-state index in [-0.39, 0.29) is 0 Å². The largest absolute Gasteiger partial charge is 0.0588 e. The first-order chi connectivity index (χ1) is 10.2. The maximum Gasteiger partial charge on any atom is -0.0219 e. The fourth-order valence-corrected chi connectivity index (χ4v) is 2.47. The van der Waals surface area contributed by atoms with Crippen LogP contribution in [-0.2, 0) is 0 Å². The highest BCUT2D eigenvalue weighted by atomic mass is 14.1. The Morgan fingerprint density at radius 3 is 1.45 bits per heavy atom. The van der Waals surface area contributed by atoms with Crippen LogP contribution in [-0.4, -0.2) is 0 Å². The third-order valence-corrected chi connectivity index (χ3v) is 4.11. The molecule has 0 nitrogen and oxygen atoms in total. The Hall–Kier alpha value is -1.56. The number of aryl methyl sites for hydroxylation is 4. The Bertz CT molecular complexity index is 583. The monoisotopic (exact) mass is 296 g/mol. The van der Waals surface area contributed by atoms with E-state index in [1.807, 2.05) is 0 Å². The van der Waals surface area contributed by atoms with Crippen molar-refractivity contribution in [3.05, 3.63) is 69.8 Å². The standard InChI is InChI=1S/2C11H16/c1-8(2)11-6-9(3)5-10(4)7-11;1-8(2)11-6-5-9(3)10(4)7-11/h2*5-8H,1-4H3. The normalized spacial score (nSPS) is 10.6. The van der Waals surface area contributed by atoms with Crippen molar-refractivity contribution >= 4 is 0 Å². The van der Waals surface area contributed by atoms with Gasteiger partial charge in [0.05, 0.1) is 0 Å². The van der Waals surface area contributed by atoms with Gasteiger partial charge in [0.2, 0.25) is 0 Å². The molecule has 0 bridgehead atoms. The van der Waals surface area contributed by atoms with Gasteiger partial charge in [0, 0.05) is 0 Å². The van der Waals surface area contributed by atoms with Gasteiger partial charge in [-0.1, -0.05) is 75.2 Å². The summed E-state index contributed by atoms with van der Waals surface area (Å²) in [5, 5.41) is 0. The second kappa shape index (κ2) is 8.17. The summed E-state index contributed by atoms with van der Waals surface area (Å²) in [5.74, 6) is 1.29. The van der Waals surface area contributed by atoms with E-state index in [0.717, 1.165) is 0 Å². The summed E-state index contributed by atoms with van der Waals surface area (Å²) in [6.07, 6.45) is 0. The highest BCUT2D eigenvalue weighted by Gasteiger charge is 2.00. The Balaban J connectivity index is 0.000000220. The molecule has 0 heteroatoms. The fourth-order valence-electron chi connectivity index (χ4n) is 2.47. The molecular formula is C22H32. The zero-order chi connectivity index (χ0) is 16.9. The van der Waals surface area contributed by atoms with E-state index in [0.29, 0.717) is 11.8 Å². The maximum absolute atomic E-state index is 2.28. The summed E-state index contributed by atoms with van der Waals surface area (Å²) in [6, 6.07) is 13.4. The van der Waals surface area contributed by atoms with Crippen LogP contribution in [0.1, 0.15) is 72.9 Å². The first-order valence-electron chi connectivity index (χ1n) is 8.36. The van der Waals surface area contributed by atoms with Gasteiger partial charge in [-0.2, -0.15) is 0 Å². The topological polar surface area (TPSA) is 0 Å². The molecule has 0 aliphatic rings. The number of benzene rings is 2. The van der Waals surface area contributed by atoms with Gasteiger partial charge >= 0.3 is 0 Å². The lowest BCUT2D eigenvalue weighted by molar-refractivity contribution is 0.863. The zero-order valence-electron chi connectivity index (χ0n) is 15.6. The average Bonchev–Trinajstić information content (AvgIpc) is 2.41. The minimum Gasteiger partial charge on any atom is -0.0588 e.